The molecule has 0 saturated carbocycles. The third-order valence-electron chi connectivity index (χ3n) is 3.64. The maximum atomic E-state index is 12.0. The molecular formula is C15H22N2O. The molecule has 0 spiro atoms. The van der Waals surface area contributed by atoms with Crippen molar-refractivity contribution < 1.29 is 4.79 Å². The second kappa shape index (κ2) is 5.89. The molecule has 1 aromatic carbocycles. The van der Waals surface area contributed by atoms with Crippen LogP contribution in [0.15, 0.2) is 24.3 Å². The molecule has 1 heterocycles. The van der Waals surface area contributed by atoms with E-state index in [-0.39, 0.29) is 6.03 Å². The Kier molecular flexibility index (Phi) is 4.24. The van der Waals surface area contributed by atoms with Gasteiger partial charge in [-0.1, -0.05) is 36.8 Å². The van der Waals surface area contributed by atoms with Crippen molar-refractivity contribution in [1.82, 2.24) is 10.2 Å². The number of nitrogens with one attached hydrogen (secondary N) is 1. The first-order chi connectivity index (χ1) is 8.65. The van der Waals surface area contributed by atoms with Gasteiger partial charge in [-0.3, -0.25) is 0 Å². The van der Waals surface area contributed by atoms with Gasteiger partial charge in [0, 0.05) is 19.6 Å². The van der Waals surface area contributed by atoms with Crippen LogP contribution in [0, 0.1) is 12.8 Å². The van der Waals surface area contributed by atoms with Crippen molar-refractivity contribution in [3.8, 4) is 0 Å². The molecule has 3 nitrogen and oxygen atoms in total. The van der Waals surface area contributed by atoms with E-state index in [0.717, 1.165) is 37.4 Å². The lowest BCUT2D eigenvalue weighted by Gasteiger charge is -2.30. The standard InChI is InChI=1S/C15H22N2O/c1-12-3-5-14(6-4-12)11-16-15(18)17-9-7-13(2)8-10-17/h3-6,13H,7-11H2,1-2H3,(H,16,18). The number of hydrogen-bond donors (Lipinski definition) is 1. The Hall–Kier alpha value is -1.51. The molecule has 0 aliphatic carbocycles. The third-order valence-corrected chi connectivity index (χ3v) is 3.64. The van der Waals surface area contributed by atoms with E-state index in [9.17, 15) is 4.79 Å². The molecule has 0 atom stereocenters. The Morgan fingerprint density at radius 3 is 2.50 bits per heavy atom. The van der Waals surface area contributed by atoms with Gasteiger partial charge in [0.1, 0.15) is 0 Å². The van der Waals surface area contributed by atoms with Crippen LogP contribution in [0.2, 0.25) is 0 Å². The van der Waals surface area contributed by atoms with Crippen molar-refractivity contribution in [3.05, 3.63) is 35.4 Å². The van der Waals surface area contributed by atoms with Crippen LogP contribution in [-0.4, -0.2) is 24.0 Å². The zero-order valence-corrected chi connectivity index (χ0v) is 11.3. The number of benzene rings is 1. The smallest absolute Gasteiger partial charge is 0.317 e. The van der Waals surface area contributed by atoms with E-state index >= 15 is 0 Å². The van der Waals surface area contributed by atoms with Gasteiger partial charge in [0.25, 0.3) is 0 Å². The first-order valence-electron chi connectivity index (χ1n) is 6.73. The molecule has 0 aromatic heterocycles. The van der Waals surface area contributed by atoms with Gasteiger partial charge in [-0.15, -0.1) is 0 Å². The molecule has 2 amide bonds. The summed E-state index contributed by atoms with van der Waals surface area (Å²) in [4.78, 5) is 13.9. The predicted octanol–water partition coefficient (Wildman–Crippen LogP) is 2.94. The summed E-state index contributed by atoms with van der Waals surface area (Å²) in [6.45, 7) is 6.71. The van der Waals surface area contributed by atoms with Gasteiger partial charge in [-0.25, -0.2) is 4.79 Å². The summed E-state index contributed by atoms with van der Waals surface area (Å²) in [5, 5.41) is 2.99. The fourth-order valence-electron chi connectivity index (χ4n) is 2.21. The highest BCUT2D eigenvalue weighted by Gasteiger charge is 2.19. The number of rotatable bonds is 2. The highest BCUT2D eigenvalue weighted by molar-refractivity contribution is 5.74. The van der Waals surface area contributed by atoms with Crippen molar-refractivity contribution in [3.63, 3.8) is 0 Å². The molecule has 0 unspecified atom stereocenters. The summed E-state index contributed by atoms with van der Waals surface area (Å²) in [5.41, 5.74) is 2.40. The van der Waals surface area contributed by atoms with Crippen LogP contribution in [0.1, 0.15) is 30.9 Å². The third kappa shape index (κ3) is 3.49. The monoisotopic (exact) mass is 246 g/mol. The van der Waals surface area contributed by atoms with E-state index in [0.29, 0.717) is 6.54 Å². The molecule has 18 heavy (non-hydrogen) atoms. The highest BCUT2D eigenvalue weighted by atomic mass is 16.2. The van der Waals surface area contributed by atoms with Gasteiger partial charge in [-0.2, -0.15) is 0 Å². The van der Waals surface area contributed by atoms with E-state index in [4.69, 9.17) is 0 Å². The average molecular weight is 246 g/mol. The Bertz CT molecular complexity index is 391. The number of urea groups is 1. The second-order valence-electron chi connectivity index (χ2n) is 5.31. The predicted molar refractivity (Wildman–Crippen MR) is 73.4 cm³/mol. The van der Waals surface area contributed by atoms with Gasteiger partial charge < -0.3 is 10.2 Å². The van der Waals surface area contributed by atoms with Crippen molar-refractivity contribution in [2.75, 3.05) is 13.1 Å². The quantitative estimate of drug-likeness (QED) is 0.855. The van der Waals surface area contributed by atoms with Gasteiger partial charge in [-0.05, 0) is 31.2 Å². The summed E-state index contributed by atoms with van der Waals surface area (Å²) in [7, 11) is 0. The molecular weight excluding hydrogens is 224 g/mol. The van der Waals surface area contributed by atoms with Crippen LogP contribution in [0.25, 0.3) is 0 Å². The van der Waals surface area contributed by atoms with Gasteiger partial charge >= 0.3 is 6.03 Å². The summed E-state index contributed by atoms with van der Waals surface area (Å²) in [6.07, 6.45) is 2.25. The molecule has 0 bridgehead atoms. The van der Waals surface area contributed by atoms with Crippen LogP contribution in [0.3, 0.4) is 0 Å². The molecule has 1 fully saturated rings. The van der Waals surface area contributed by atoms with Crippen LogP contribution in [-0.2, 0) is 6.54 Å². The molecule has 3 heteroatoms. The van der Waals surface area contributed by atoms with Crippen molar-refractivity contribution in [2.24, 2.45) is 5.92 Å². The lowest BCUT2D eigenvalue weighted by Crippen LogP contribution is -2.43. The Labute approximate surface area is 109 Å². The van der Waals surface area contributed by atoms with Gasteiger partial charge in [0.2, 0.25) is 0 Å². The fourth-order valence-corrected chi connectivity index (χ4v) is 2.21. The normalized spacial score (nSPS) is 16.7. The Morgan fingerprint density at radius 1 is 1.28 bits per heavy atom. The van der Waals surface area contributed by atoms with E-state index in [1.165, 1.54) is 5.56 Å². The molecule has 1 aliphatic heterocycles. The lowest BCUT2D eigenvalue weighted by molar-refractivity contribution is 0.173. The maximum Gasteiger partial charge on any atom is 0.317 e. The Morgan fingerprint density at radius 2 is 1.89 bits per heavy atom. The van der Waals surface area contributed by atoms with Crippen LogP contribution < -0.4 is 5.32 Å². The first-order valence-corrected chi connectivity index (χ1v) is 6.73. The topological polar surface area (TPSA) is 32.3 Å². The van der Waals surface area contributed by atoms with Crippen LogP contribution in [0.5, 0.6) is 0 Å². The van der Waals surface area contributed by atoms with E-state index in [2.05, 4.69) is 43.4 Å². The maximum absolute atomic E-state index is 12.0. The molecule has 1 N–H and O–H groups in total. The molecule has 1 saturated heterocycles. The molecule has 1 aliphatic rings. The SMILES string of the molecule is Cc1ccc(CNC(=O)N2CCC(C)CC2)cc1. The van der Waals surface area contributed by atoms with Gasteiger partial charge in [0.05, 0.1) is 0 Å². The zero-order valence-electron chi connectivity index (χ0n) is 11.3. The van der Waals surface area contributed by atoms with Crippen molar-refractivity contribution >= 4 is 6.03 Å². The number of carbonyl (C=O) groups excluding carboxylic acids is 1. The summed E-state index contributed by atoms with van der Waals surface area (Å²) in [5.74, 6) is 0.756. The van der Waals surface area contributed by atoms with E-state index < -0.39 is 0 Å². The number of aryl methyl sites for hydroxylation is 1. The summed E-state index contributed by atoms with van der Waals surface area (Å²) < 4.78 is 0. The first kappa shape index (κ1) is 12.9. The number of amides is 2. The highest BCUT2D eigenvalue weighted by Crippen LogP contribution is 2.15. The van der Waals surface area contributed by atoms with E-state index in [1.807, 2.05) is 4.90 Å². The molecule has 98 valence electrons. The fraction of sp³-hybridized carbons (Fsp3) is 0.533. The van der Waals surface area contributed by atoms with Crippen molar-refractivity contribution in [2.45, 2.75) is 33.2 Å². The van der Waals surface area contributed by atoms with E-state index in [1.54, 1.807) is 0 Å². The lowest BCUT2D eigenvalue weighted by atomic mass is 10.00. The van der Waals surface area contributed by atoms with Gasteiger partial charge in [0.15, 0.2) is 0 Å². The summed E-state index contributed by atoms with van der Waals surface area (Å²) >= 11 is 0. The minimum atomic E-state index is 0.0717. The number of hydrogen-bond acceptors (Lipinski definition) is 1. The number of nitrogens with zero attached hydrogens (tertiary/aromatic N) is 1. The summed E-state index contributed by atoms with van der Waals surface area (Å²) in [6, 6.07) is 8.35. The minimum Gasteiger partial charge on any atom is -0.334 e. The number of carbonyl (C=O) groups is 1. The van der Waals surface area contributed by atoms with Crippen LogP contribution in [0.4, 0.5) is 4.79 Å². The Balaban J connectivity index is 1.79. The number of piperidine rings is 1. The molecule has 0 radical (unpaired) electrons. The zero-order chi connectivity index (χ0) is 13.0. The average Bonchev–Trinajstić information content (AvgIpc) is 2.38. The number of likely N-dealkylation sites (tertiary alicyclic amines) is 1. The second-order valence-corrected chi connectivity index (χ2v) is 5.31. The molecule has 2 rings (SSSR count). The molecule has 1 aromatic rings. The minimum absolute atomic E-state index is 0.0717. The van der Waals surface area contributed by atoms with Crippen LogP contribution >= 0.6 is 0 Å². The largest absolute Gasteiger partial charge is 0.334 e. The van der Waals surface area contributed by atoms with Crippen molar-refractivity contribution in [1.29, 1.82) is 0 Å².